The fourth-order valence-electron chi connectivity index (χ4n) is 3.40. The third-order valence-corrected chi connectivity index (χ3v) is 4.20. The second-order valence-electron chi connectivity index (χ2n) is 5.46. The average Bonchev–Trinajstić information content (AvgIpc) is 2.29. The number of rotatable bonds is 2. The molecule has 0 radical (unpaired) electrons. The highest BCUT2D eigenvalue weighted by molar-refractivity contribution is 5.74. The summed E-state index contributed by atoms with van der Waals surface area (Å²) < 4.78 is 5.13. The fraction of sp³-hybridized carbons (Fsp3) is 0.786. The minimum Gasteiger partial charge on any atom is -0.466 e. The molecule has 1 fully saturated rings. The predicted molar refractivity (Wildman–Crippen MR) is 66.7 cm³/mol. The van der Waals surface area contributed by atoms with Gasteiger partial charge in [0.05, 0.1) is 24.7 Å². The maximum Gasteiger partial charge on any atom is 0.309 e. The molecule has 0 amide bonds. The zero-order valence-electron chi connectivity index (χ0n) is 11.0. The molecule has 0 spiro atoms. The topological polar surface area (TPSA) is 66.8 Å². The molecule has 4 heteroatoms. The number of fused-ring (bicyclic) bond motifs is 1. The highest BCUT2D eigenvalue weighted by Gasteiger charge is 2.46. The Labute approximate surface area is 108 Å². The van der Waals surface area contributed by atoms with Crippen molar-refractivity contribution in [3.8, 4) is 0 Å². The number of aliphatic hydroxyl groups is 2. The Hall–Kier alpha value is -0.870. The normalized spacial score (nSPS) is 43.3. The van der Waals surface area contributed by atoms with Gasteiger partial charge in [0.25, 0.3) is 0 Å². The van der Waals surface area contributed by atoms with Crippen LogP contribution in [0.1, 0.15) is 26.7 Å². The molecule has 0 aromatic heterocycles. The fourth-order valence-corrected chi connectivity index (χ4v) is 3.40. The number of esters is 1. The van der Waals surface area contributed by atoms with E-state index in [1.807, 2.05) is 19.1 Å². The number of ether oxygens (including phenoxy) is 1. The SMILES string of the molecule is CCOC(=O)[C@@H]1C2C(O)C[C@H](O)CC2C=C[C@@H]1C. The molecule has 2 aliphatic rings. The van der Waals surface area contributed by atoms with Gasteiger partial charge in [0.2, 0.25) is 0 Å². The number of allylic oxidation sites excluding steroid dienone is 2. The molecule has 18 heavy (non-hydrogen) atoms. The van der Waals surface area contributed by atoms with Crippen LogP contribution in [0.3, 0.4) is 0 Å². The van der Waals surface area contributed by atoms with Gasteiger partial charge in [0, 0.05) is 5.92 Å². The van der Waals surface area contributed by atoms with Gasteiger partial charge in [-0.05, 0) is 31.6 Å². The van der Waals surface area contributed by atoms with Crippen molar-refractivity contribution in [3.05, 3.63) is 12.2 Å². The van der Waals surface area contributed by atoms with Crippen molar-refractivity contribution < 1.29 is 19.7 Å². The second kappa shape index (κ2) is 5.41. The lowest BCUT2D eigenvalue weighted by atomic mass is 9.63. The van der Waals surface area contributed by atoms with Gasteiger partial charge in [0.15, 0.2) is 0 Å². The van der Waals surface area contributed by atoms with Crippen LogP contribution < -0.4 is 0 Å². The summed E-state index contributed by atoms with van der Waals surface area (Å²) in [5, 5.41) is 19.9. The largest absolute Gasteiger partial charge is 0.466 e. The summed E-state index contributed by atoms with van der Waals surface area (Å²) in [4.78, 5) is 12.1. The minimum atomic E-state index is -0.624. The van der Waals surface area contributed by atoms with E-state index < -0.39 is 12.2 Å². The maximum absolute atomic E-state index is 12.1. The first-order chi connectivity index (χ1) is 8.54. The molecular weight excluding hydrogens is 232 g/mol. The highest BCUT2D eigenvalue weighted by Crippen LogP contribution is 2.43. The lowest BCUT2D eigenvalue weighted by Crippen LogP contribution is -2.48. The molecule has 0 saturated heterocycles. The Bertz CT molecular complexity index is 339. The number of carbonyl (C=O) groups excluding carboxylic acids is 1. The summed E-state index contributed by atoms with van der Waals surface area (Å²) in [5.41, 5.74) is 0. The monoisotopic (exact) mass is 254 g/mol. The van der Waals surface area contributed by atoms with Crippen LogP contribution in [0.15, 0.2) is 12.2 Å². The molecule has 102 valence electrons. The lowest BCUT2D eigenvalue weighted by Gasteiger charge is -2.44. The summed E-state index contributed by atoms with van der Waals surface area (Å²) in [6, 6.07) is 0. The van der Waals surface area contributed by atoms with E-state index in [4.69, 9.17) is 4.74 Å². The van der Waals surface area contributed by atoms with Gasteiger partial charge in [-0.2, -0.15) is 0 Å². The van der Waals surface area contributed by atoms with Crippen LogP contribution >= 0.6 is 0 Å². The van der Waals surface area contributed by atoms with Crippen molar-refractivity contribution >= 4 is 5.97 Å². The number of aliphatic hydroxyl groups excluding tert-OH is 2. The van der Waals surface area contributed by atoms with Crippen LogP contribution in [-0.4, -0.2) is 35.0 Å². The van der Waals surface area contributed by atoms with Crippen LogP contribution in [0.25, 0.3) is 0 Å². The molecule has 2 rings (SSSR count). The summed E-state index contributed by atoms with van der Waals surface area (Å²) >= 11 is 0. The standard InChI is InChI=1S/C14H22O4/c1-3-18-14(17)12-8(2)4-5-9-6-10(15)7-11(16)13(9)12/h4-5,8-13,15-16H,3,6-7H2,1-2H3/t8-,9?,10+,11?,12-,13?/m0/s1. The molecule has 0 heterocycles. The predicted octanol–water partition coefficient (Wildman–Crippen LogP) is 1.12. The Balaban J connectivity index is 2.22. The second-order valence-corrected chi connectivity index (χ2v) is 5.46. The van der Waals surface area contributed by atoms with E-state index in [2.05, 4.69) is 0 Å². The molecule has 0 aliphatic heterocycles. The summed E-state index contributed by atoms with van der Waals surface area (Å²) in [6.45, 7) is 4.13. The lowest BCUT2D eigenvalue weighted by molar-refractivity contribution is -0.158. The zero-order chi connectivity index (χ0) is 13.3. The van der Waals surface area contributed by atoms with E-state index in [-0.39, 0.29) is 29.6 Å². The molecule has 4 nitrogen and oxygen atoms in total. The van der Waals surface area contributed by atoms with Crippen LogP contribution in [-0.2, 0) is 9.53 Å². The van der Waals surface area contributed by atoms with Crippen LogP contribution in [0.2, 0.25) is 0 Å². The van der Waals surface area contributed by atoms with Gasteiger partial charge < -0.3 is 14.9 Å². The van der Waals surface area contributed by atoms with E-state index in [1.54, 1.807) is 6.92 Å². The van der Waals surface area contributed by atoms with Gasteiger partial charge in [-0.3, -0.25) is 4.79 Å². The van der Waals surface area contributed by atoms with Crippen molar-refractivity contribution in [2.75, 3.05) is 6.61 Å². The van der Waals surface area contributed by atoms with E-state index in [0.29, 0.717) is 19.4 Å². The van der Waals surface area contributed by atoms with E-state index in [9.17, 15) is 15.0 Å². The first-order valence-corrected chi connectivity index (χ1v) is 6.75. The number of hydrogen-bond donors (Lipinski definition) is 2. The number of carbonyl (C=O) groups is 1. The van der Waals surface area contributed by atoms with E-state index in [0.717, 1.165) is 0 Å². The smallest absolute Gasteiger partial charge is 0.309 e. The molecule has 0 aromatic carbocycles. The minimum absolute atomic E-state index is 0.0781. The summed E-state index contributed by atoms with van der Waals surface area (Å²) in [5.74, 6) is -0.473. The van der Waals surface area contributed by atoms with Crippen LogP contribution in [0.4, 0.5) is 0 Å². The quantitative estimate of drug-likeness (QED) is 0.572. The third-order valence-electron chi connectivity index (χ3n) is 4.20. The molecule has 6 atom stereocenters. The first kappa shape index (κ1) is 13.6. The van der Waals surface area contributed by atoms with Crippen molar-refractivity contribution in [2.45, 2.75) is 38.9 Å². The van der Waals surface area contributed by atoms with Gasteiger partial charge in [0.1, 0.15) is 0 Å². The van der Waals surface area contributed by atoms with E-state index in [1.165, 1.54) is 0 Å². The van der Waals surface area contributed by atoms with Gasteiger partial charge in [-0.25, -0.2) is 0 Å². The van der Waals surface area contributed by atoms with Gasteiger partial charge >= 0.3 is 5.97 Å². The van der Waals surface area contributed by atoms with Crippen molar-refractivity contribution in [1.82, 2.24) is 0 Å². The number of hydrogen-bond acceptors (Lipinski definition) is 4. The molecule has 0 aromatic rings. The Morgan fingerprint density at radius 3 is 2.72 bits per heavy atom. The molecular formula is C14H22O4. The molecule has 2 aliphatic carbocycles. The first-order valence-electron chi connectivity index (χ1n) is 6.75. The van der Waals surface area contributed by atoms with E-state index >= 15 is 0 Å². The highest BCUT2D eigenvalue weighted by atomic mass is 16.5. The Kier molecular flexibility index (Phi) is 4.07. The van der Waals surface area contributed by atoms with Gasteiger partial charge in [-0.15, -0.1) is 0 Å². The molecule has 2 N–H and O–H groups in total. The van der Waals surface area contributed by atoms with Crippen molar-refractivity contribution in [3.63, 3.8) is 0 Å². The Morgan fingerprint density at radius 1 is 1.33 bits per heavy atom. The Morgan fingerprint density at radius 2 is 2.06 bits per heavy atom. The summed E-state index contributed by atoms with van der Waals surface area (Å²) in [7, 11) is 0. The maximum atomic E-state index is 12.1. The van der Waals surface area contributed by atoms with Crippen LogP contribution in [0.5, 0.6) is 0 Å². The van der Waals surface area contributed by atoms with Gasteiger partial charge in [-0.1, -0.05) is 19.1 Å². The zero-order valence-corrected chi connectivity index (χ0v) is 11.0. The van der Waals surface area contributed by atoms with Crippen molar-refractivity contribution in [2.24, 2.45) is 23.7 Å². The molecule has 3 unspecified atom stereocenters. The van der Waals surface area contributed by atoms with Crippen LogP contribution in [0, 0.1) is 23.7 Å². The third kappa shape index (κ3) is 2.45. The molecule has 0 bridgehead atoms. The molecule has 1 saturated carbocycles. The average molecular weight is 254 g/mol. The van der Waals surface area contributed by atoms with Crippen molar-refractivity contribution in [1.29, 1.82) is 0 Å². The summed E-state index contributed by atoms with van der Waals surface area (Å²) in [6.07, 6.45) is 3.94.